The topological polar surface area (TPSA) is 151 Å². The Labute approximate surface area is 256 Å². The second-order valence-electron chi connectivity index (χ2n) is 9.85. The van der Waals surface area contributed by atoms with Crippen LogP contribution in [0.5, 0.6) is 17.2 Å². The lowest BCUT2D eigenvalue weighted by Gasteiger charge is -2.36. The van der Waals surface area contributed by atoms with Crippen molar-refractivity contribution in [3.63, 3.8) is 0 Å². The molecule has 0 radical (unpaired) electrons. The Morgan fingerprint density at radius 1 is 0.488 bits per heavy atom. The van der Waals surface area contributed by atoms with Gasteiger partial charge >= 0.3 is 0 Å². The predicted octanol–water partition coefficient (Wildman–Crippen LogP) is 1.80. The van der Waals surface area contributed by atoms with Gasteiger partial charge in [-0.2, -0.15) is 0 Å². The molecule has 0 aliphatic carbocycles. The Hall–Kier alpha value is -3.22. The number of rotatable bonds is 23. The fraction of sp³-hybridized carbons (Fsp3) is 0.455. The van der Waals surface area contributed by atoms with Crippen LogP contribution in [0.4, 0.5) is 0 Å². The molecule has 0 saturated heterocycles. The first kappa shape index (κ1) is 34.3. The normalized spacial score (nSPS) is 11.4. The number of nitrogens with one attached hydrogen (secondary N) is 3. The van der Waals surface area contributed by atoms with Gasteiger partial charge in [-0.15, -0.1) is 0 Å². The molecular weight excluding hydrogens is 544 g/mol. The van der Waals surface area contributed by atoms with Crippen molar-refractivity contribution in [2.24, 2.45) is 17.2 Å². The summed E-state index contributed by atoms with van der Waals surface area (Å²) in [6.07, 6.45) is 0. The van der Waals surface area contributed by atoms with Crippen LogP contribution in [0.15, 0.2) is 72.8 Å². The molecular formula is C33H50N6O4. The van der Waals surface area contributed by atoms with E-state index in [9.17, 15) is 0 Å². The minimum atomic E-state index is -0.863. The third-order valence-corrected chi connectivity index (χ3v) is 6.75. The van der Waals surface area contributed by atoms with Gasteiger partial charge in [0.2, 0.25) is 0 Å². The summed E-state index contributed by atoms with van der Waals surface area (Å²) in [6.45, 7) is 10.5. The van der Waals surface area contributed by atoms with Gasteiger partial charge in [-0.25, -0.2) is 0 Å². The molecule has 0 aliphatic heterocycles. The molecule has 3 rings (SSSR count). The highest BCUT2D eigenvalue weighted by Gasteiger charge is 2.37. The zero-order valence-electron chi connectivity index (χ0n) is 25.5. The van der Waals surface area contributed by atoms with Crippen molar-refractivity contribution in [1.29, 1.82) is 0 Å². The third kappa shape index (κ3) is 10.8. The third-order valence-electron chi connectivity index (χ3n) is 6.75. The van der Waals surface area contributed by atoms with Crippen molar-refractivity contribution in [1.82, 2.24) is 16.0 Å². The lowest BCUT2D eigenvalue weighted by molar-refractivity contribution is 0.0215. The van der Waals surface area contributed by atoms with Crippen LogP contribution >= 0.6 is 0 Å². The molecule has 9 N–H and O–H groups in total. The zero-order chi connectivity index (χ0) is 30.6. The van der Waals surface area contributed by atoms with E-state index in [1.807, 2.05) is 43.3 Å². The minimum absolute atomic E-state index is 0.501. The lowest BCUT2D eigenvalue weighted by Crippen LogP contribution is -2.33. The average molecular weight is 595 g/mol. The van der Waals surface area contributed by atoms with Gasteiger partial charge in [0.05, 0.1) is 0 Å². The van der Waals surface area contributed by atoms with Crippen molar-refractivity contribution in [2.45, 2.75) is 12.5 Å². The van der Waals surface area contributed by atoms with Crippen LogP contribution < -0.4 is 47.4 Å². The Bertz CT molecular complexity index is 990. The fourth-order valence-corrected chi connectivity index (χ4v) is 4.73. The molecule has 3 aromatic carbocycles. The van der Waals surface area contributed by atoms with Gasteiger partial charge in [-0.1, -0.05) is 36.4 Å². The largest absolute Gasteiger partial charge is 0.492 e. The molecule has 3 aromatic rings. The van der Waals surface area contributed by atoms with Gasteiger partial charge < -0.3 is 52.1 Å². The lowest BCUT2D eigenvalue weighted by atomic mass is 9.80. The Morgan fingerprint density at radius 2 is 0.791 bits per heavy atom. The van der Waals surface area contributed by atoms with Crippen LogP contribution in [0.1, 0.15) is 23.6 Å². The van der Waals surface area contributed by atoms with Gasteiger partial charge in [0.15, 0.2) is 0 Å². The Kier molecular flexibility index (Phi) is 15.8. The summed E-state index contributed by atoms with van der Waals surface area (Å²) < 4.78 is 24.5. The first-order valence-corrected chi connectivity index (χ1v) is 15.2. The molecule has 0 spiro atoms. The second-order valence-corrected chi connectivity index (χ2v) is 9.85. The van der Waals surface area contributed by atoms with E-state index in [4.69, 9.17) is 36.1 Å². The van der Waals surface area contributed by atoms with Crippen LogP contribution in [-0.2, 0) is 10.3 Å². The summed E-state index contributed by atoms with van der Waals surface area (Å²) in [5.74, 6) is 2.38. The van der Waals surface area contributed by atoms with Crippen molar-refractivity contribution in [2.75, 3.05) is 85.3 Å². The van der Waals surface area contributed by atoms with Crippen LogP contribution in [-0.4, -0.2) is 85.3 Å². The van der Waals surface area contributed by atoms with Crippen molar-refractivity contribution < 1.29 is 18.9 Å². The number of ether oxygens (including phenoxy) is 4. The van der Waals surface area contributed by atoms with Crippen molar-refractivity contribution in [3.8, 4) is 17.2 Å². The Morgan fingerprint density at radius 3 is 1.05 bits per heavy atom. The number of hydrogen-bond donors (Lipinski definition) is 6. The highest BCUT2D eigenvalue weighted by Crippen LogP contribution is 2.42. The first-order valence-electron chi connectivity index (χ1n) is 15.2. The van der Waals surface area contributed by atoms with Crippen LogP contribution in [0.25, 0.3) is 0 Å². The van der Waals surface area contributed by atoms with Gasteiger partial charge in [0.25, 0.3) is 0 Å². The fourth-order valence-electron chi connectivity index (χ4n) is 4.73. The molecule has 43 heavy (non-hydrogen) atoms. The molecule has 10 nitrogen and oxygen atoms in total. The van der Waals surface area contributed by atoms with Crippen molar-refractivity contribution >= 4 is 0 Å². The number of benzene rings is 3. The molecule has 10 heteroatoms. The average Bonchev–Trinajstić information content (AvgIpc) is 3.04. The summed E-state index contributed by atoms with van der Waals surface area (Å²) in [5.41, 5.74) is 18.7. The maximum atomic E-state index is 6.70. The standard InChI is InChI=1S/C33H50N6O4/c1-2-43-33(27-3-9-30(10-4-27)40-24-21-37-18-15-34,28-5-11-31(12-6-28)41-25-22-38-19-16-35)29-7-13-32(14-8-29)42-26-23-39-20-17-36/h3-14,37-39H,2,15-26,34-36H2,1H3. The van der Waals surface area contributed by atoms with E-state index in [2.05, 4.69) is 52.3 Å². The van der Waals surface area contributed by atoms with Gasteiger partial charge in [0, 0.05) is 65.5 Å². The second kappa shape index (κ2) is 19.9. The smallest absolute Gasteiger partial charge is 0.143 e. The molecule has 0 bridgehead atoms. The molecule has 0 saturated carbocycles. The summed E-state index contributed by atoms with van der Waals surface area (Å²) in [7, 11) is 0. The van der Waals surface area contributed by atoms with Crippen molar-refractivity contribution in [3.05, 3.63) is 89.5 Å². The van der Waals surface area contributed by atoms with E-state index < -0.39 is 5.60 Å². The van der Waals surface area contributed by atoms with Crippen LogP contribution in [0.2, 0.25) is 0 Å². The van der Waals surface area contributed by atoms with Crippen LogP contribution in [0.3, 0.4) is 0 Å². The molecule has 0 amide bonds. The number of hydrogen-bond acceptors (Lipinski definition) is 10. The van der Waals surface area contributed by atoms with E-state index in [0.29, 0.717) is 46.1 Å². The Balaban J connectivity index is 1.87. The first-order chi connectivity index (χ1) is 21.2. The van der Waals surface area contributed by atoms with E-state index in [1.54, 1.807) is 0 Å². The number of nitrogens with two attached hydrogens (primary N) is 3. The summed E-state index contributed by atoms with van der Waals surface area (Å²) >= 11 is 0. The highest BCUT2D eigenvalue weighted by atomic mass is 16.5. The van der Waals surface area contributed by atoms with E-state index in [0.717, 1.165) is 73.2 Å². The highest BCUT2D eigenvalue weighted by molar-refractivity contribution is 5.50. The van der Waals surface area contributed by atoms with E-state index in [1.165, 1.54) is 0 Å². The molecule has 0 unspecified atom stereocenters. The maximum Gasteiger partial charge on any atom is 0.143 e. The quantitative estimate of drug-likeness (QED) is 0.0708. The molecule has 0 heterocycles. The molecule has 0 atom stereocenters. The van der Waals surface area contributed by atoms with E-state index >= 15 is 0 Å². The molecule has 236 valence electrons. The monoisotopic (exact) mass is 594 g/mol. The van der Waals surface area contributed by atoms with E-state index in [-0.39, 0.29) is 0 Å². The maximum absolute atomic E-state index is 6.70. The summed E-state index contributed by atoms with van der Waals surface area (Å²) in [6, 6.07) is 24.4. The minimum Gasteiger partial charge on any atom is -0.492 e. The van der Waals surface area contributed by atoms with Crippen LogP contribution in [0, 0.1) is 0 Å². The molecule has 0 aliphatic rings. The van der Waals surface area contributed by atoms with Gasteiger partial charge in [-0.3, -0.25) is 0 Å². The SMILES string of the molecule is CCOC(c1ccc(OCCNCCN)cc1)(c1ccc(OCCNCCN)cc1)c1ccc(OCCNCCN)cc1. The molecule has 0 aromatic heterocycles. The van der Waals surface area contributed by atoms with Gasteiger partial charge in [0.1, 0.15) is 42.7 Å². The molecule has 0 fully saturated rings. The predicted molar refractivity (Wildman–Crippen MR) is 173 cm³/mol. The summed E-state index contributed by atoms with van der Waals surface area (Å²) in [4.78, 5) is 0. The van der Waals surface area contributed by atoms with Gasteiger partial charge in [-0.05, 0) is 60.0 Å². The zero-order valence-corrected chi connectivity index (χ0v) is 25.5. The summed E-state index contributed by atoms with van der Waals surface area (Å²) in [5, 5.41) is 9.74.